The zero-order valence-corrected chi connectivity index (χ0v) is 4.08. The lowest BCUT2D eigenvalue weighted by Crippen LogP contribution is -2.42. The molecule has 0 bridgehead atoms. The van der Waals surface area contributed by atoms with Gasteiger partial charge in [0.05, 0.1) is 0 Å². The van der Waals surface area contributed by atoms with Crippen molar-refractivity contribution in [2.75, 3.05) is 0 Å². The molecule has 0 saturated heterocycles. The second kappa shape index (κ2) is 8.99. The van der Waals surface area contributed by atoms with E-state index in [2.05, 4.69) is 0 Å². The number of hydrogen-bond acceptors (Lipinski definition) is 5. The molecule has 0 atom stereocenters. The fourth-order valence-electron chi connectivity index (χ4n) is 0. The minimum Gasteiger partial charge on any atom is -0.405 e. The molecule has 0 aromatic carbocycles. The van der Waals surface area contributed by atoms with Crippen molar-refractivity contribution in [2.45, 2.75) is 0 Å². The number of hydrogen-bond donors (Lipinski definition) is 2. The molecule has 0 radical (unpaired) electrons. The van der Waals surface area contributed by atoms with Gasteiger partial charge in [-0.05, 0) is 0 Å². The molecule has 0 aliphatic carbocycles. The SMILES string of the molecule is OO.[O-][Br+2]([O-])[O-]. The van der Waals surface area contributed by atoms with E-state index in [0.29, 0.717) is 0 Å². The van der Waals surface area contributed by atoms with E-state index in [1.54, 1.807) is 0 Å². The van der Waals surface area contributed by atoms with E-state index in [1.165, 1.54) is 0 Å². The van der Waals surface area contributed by atoms with Crippen LogP contribution in [0.2, 0.25) is 0 Å². The van der Waals surface area contributed by atoms with E-state index in [4.69, 9.17) is 23.1 Å². The molecular weight excluding hydrogens is 160 g/mol. The third-order valence-corrected chi connectivity index (χ3v) is 0. The van der Waals surface area contributed by atoms with Crippen LogP contribution in [0.3, 0.4) is 0 Å². The molecule has 0 aliphatic heterocycles. The van der Waals surface area contributed by atoms with Crippen molar-refractivity contribution in [3.05, 3.63) is 0 Å². The van der Waals surface area contributed by atoms with Gasteiger partial charge in [-0.25, -0.2) is 0 Å². The average Bonchev–Trinajstić information content (AvgIpc) is 1.41. The van der Waals surface area contributed by atoms with E-state index >= 15 is 0 Å². The molecule has 6 heavy (non-hydrogen) atoms. The highest BCUT2D eigenvalue weighted by molar-refractivity contribution is 1.82. The predicted molar refractivity (Wildman–Crippen MR) is 5.26 cm³/mol. The molecule has 0 heterocycles. The summed E-state index contributed by atoms with van der Waals surface area (Å²) >= 11 is -3.65. The van der Waals surface area contributed by atoms with Crippen LogP contribution < -0.4 is 12.6 Å². The highest BCUT2D eigenvalue weighted by atomic mass is 80.0. The standard InChI is InChI=1S/BrO3.H2O2/c2-1(3)4;1-2/h;1-2H/q-1;. The Kier molecular flexibility index (Phi) is 14.3. The molecule has 0 aliphatic rings. The van der Waals surface area contributed by atoms with E-state index in [1.807, 2.05) is 0 Å². The Labute approximate surface area is 38.8 Å². The first kappa shape index (κ1) is 9.56. The van der Waals surface area contributed by atoms with Gasteiger partial charge in [-0.15, -0.1) is 0 Å². The largest absolute Gasteiger partial charge is 0.405 e. The number of halogens is 1. The van der Waals surface area contributed by atoms with E-state index < -0.39 is 14.8 Å². The van der Waals surface area contributed by atoms with Crippen LogP contribution in [0.15, 0.2) is 0 Å². The van der Waals surface area contributed by atoms with E-state index in [-0.39, 0.29) is 0 Å². The van der Waals surface area contributed by atoms with Crippen LogP contribution in [0, 0.1) is 14.8 Å². The monoisotopic (exact) mass is 161 g/mol. The summed E-state index contributed by atoms with van der Waals surface area (Å²) in [5.74, 6) is 0. The summed E-state index contributed by atoms with van der Waals surface area (Å²) in [4.78, 5) is 0. The lowest BCUT2D eigenvalue weighted by Gasteiger charge is -1.85. The third-order valence-electron chi connectivity index (χ3n) is 0. The van der Waals surface area contributed by atoms with Crippen LogP contribution in [0.5, 0.6) is 0 Å². The fourth-order valence-corrected chi connectivity index (χ4v) is 0. The molecule has 0 fully saturated rings. The van der Waals surface area contributed by atoms with Gasteiger partial charge in [0, 0.05) is 0 Å². The Balaban J connectivity index is 0. The molecular formula is H2BrO5-. The van der Waals surface area contributed by atoms with Crippen LogP contribution in [0.4, 0.5) is 0 Å². The first-order chi connectivity index (χ1) is 2.73. The minimum atomic E-state index is -3.65. The highest BCUT2D eigenvalue weighted by Crippen LogP contribution is 1.24. The summed E-state index contributed by atoms with van der Waals surface area (Å²) in [5, 5.41) is 12.0. The van der Waals surface area contributed by atoms with Crippen molar-refractivity contribution in [1.82, 2.24) is 0 Å². The van der Waals surface area contributed by atoms with Gasteiger partial charge in [-0.3, -0.25) is 10.5 Å². The highest BCUT2D eigenvalue weighted by Gasteiger charge is 1.67. The summed E-state index contributed by atoms with van der Waals surface area (Å²) in [6.07, 6.45) is 0. The molecule has 2 N–H and O–H groups in total. The Morgan fingerprint density at radius 1 is 1.00 bits per heavy atom. The minimum absolute atomic E-state index is 3.65. The lowest BCUT2D eigenvalue weighted by atomic mass is 15.0. The molecule has 0 saturated carbocycles. The normalized spacial score (nSPS) is 7.00. The number of rotatable bonds is 0. The molecule has 0 rings (SSSR count). The summed E-state index contributed by atoms with van der Waals surface area (Å²) in [6, 6.07) is 0. The molecule has 0 aromatic rings. The van der Waals surface area contributed by atoms with Gasteiger partial charge >= 0.3 is 0 Å². The summed E-state index contributed by atoms with van der Waals surface area (Å²) < 4.78 is 25.6. The molecule has 6 heteroatoms. The first-order valence-corrected chi connectivity index (χ1v) is 2.61. The van der Waals surface area contributed by atoms with Crippen LogP contribution in [0.1, 0.15) is 0 Å². The Hall–Kier alpha value is 0.280. The van der Waals surface area contributed by atoms with Gasteiger partial charge in [-0.2, -0.15) is 0 Å². The van der Waals surface area contributed by atoms with Gasteiger partial charge in [0.2, 0.25) is 14.8 Å². The maximum atomic E-state index is 8.52. The summed E-state index contributed by atoms with van der Waals surface area (Å²) in [7, 11) is 0. The van der Waals surface area contributed by atoms with Gasteiger partial charge < -0.3 is 12.6 Å². The van der Waals surface area contributed by atoms with Gasteiger partial charge in [-0.1, -0.05) is 0 Å². The quantitative estimate of drug-likeness (QED) is 0.283. The molecule has 40 valence electrons. The van der Waals surface area contributed by atoms with Crippen molar-refractivity contribution >= 4 is 0 Å². The zero-order chi connectivity index (χ0) is 5.58. The van der Waals surface area contributed by atoms with Crippen LogP contribution in [-0.2, 0) is 0 Å². The zero-order valence-electron chi connectivity index (χ0n) is 2.50. The van der Waals surface area contributed by atoms with Crippen molar-refractivity contribution in [3.63, 3.8) is 0 Å². The Morgan fingerprint density at radius 2 is 1.00 bits per heavy atom. The summed E-state index contributed by atoms with van der Waals surface area (Å²) in [6.45, 7) is 0. The van der Waals surface area contributed by atoms with E-state index in [0.717, 1.165) is 0 Å². The maximum Gasteiger partial charge on any atom is 0.216 e. The van der Waals surface area contributed by atoms with Crippen LogP contribution >= 0.6 is 0 Å². The van der Waals surface area contributed by atoms with Gasteiger partial charge in [0.25, 0.3) is 0 Å². The van der Waals surface area contributed by atoms with Gasteiger partial charge in [0.15, 0.2) is 0 Å². The second-order valence-corrected chi connectivity index (χ2v) is 0.982. The Morgan fingerprint density at radius 3 is 1.00 bits per heavy atom. The Bertz CT molecular complexity index is 8.66. The molecule has 5 nitrogen and oxygen atoms in total. The maximum absolute atomic E-state index is 8.52. The average molecular weight is 162 g/mol. The first-order valence-electron chi connectivity index (χ1n) is 0.663. The van der Waals surface area contributed by atoms with Crippen LogP contribution in [0.25, 0.3) is 0 Å². The molecule has 0 aromatic heterocycles. The van der Waals surface area contributed by atoms with Crippen molar-refractivity contribution in [3.8, 4) is 0 Å². The molecule has 0 amide bonds. The van der Waals surface area contributed by atoms with Crippen molar-refractivity contribution in [2.24, 2.45) is 0 Å². The molecule has 0 spiro atoms. The molecule has 0 unspecified atom stereocenters. The van der Waals surface area contributed by atoms with Crippen molar-refractivity contribution in [1.29, 1.82) is 0 Å². The lowest BCUT2D eigenvalue weighted by molar-refractivity contribution is -1.73. The third kappa shape index (κ3) is 587. The predicted octanol–water partition coefficient (Wildman–Crippen LogP) is -3.55. The van der Waals surface area contributed by atoms with E-state index in [9.17, 15) is 0 Å². The van der Waals surface area contributed by atoms with Gasteiger partial charge in [0.1, 0.15) is 0 Å². The smallest absolute Gasteiger partial charge is 0.216 e. The fraction of sp³-hybridized carbons (Fsp3) is 0. The summed E-state index contributed by atoms with van der Waals surface area (Å²) in [5.41, 5.74) is 0. The van der Waals surface area contributed by atoms with Crippen LogP contribution in [-0.4, -0.2) is 10.5 Å². The van der Waals surface area contributed by atoms with Crippen molar-refractivity contribution < 1.29 is 37.9 Å². The second-order valence-electron chi connectivity index (χ2n) is 0.189. The topological polar surface area (TPSA) is 110 Å².